The van der Waals surface area contributed by atoms with Gasteiger partial charge >= 0.3 is 13.8 Å². The molecule has 0 spiro atoms. The van der Waals surface area contributed by atoms with Crippen LogP contribution in [0, 0.1) is 0 Å². The van der Waals surface area contributed by atoms with E-state index in [0.29, 0.717) is 6.42 Å². The van der Waals surface area contributed by atoms with Crippen LogP contribution in [0.3, 0.4) is 0 Å². The van der Waals surface area contributed by atoms with Gasteiger partial charge in [0.25, 0.3) is 0 Å². The first-order chi connectivity index (χ1) is 31.8. The third kappa shape index (κ3) is 52.0. The van der Waals surface area contributed by atoms with Crippen LogP contribution in [0.4, 0.5) is 0 Å². The number of hydrogen-bond donors (Lipinski definition) is 3. The predicted octanol–water partition coefficient (Wildman–Crippen LogP) is 15.6. The summed E-state index contributed by atoms with van der Waals surface area (Å²) in [7, 11) is -4.43. The normalized spacial score (nSPS) is 13.8. The zero-order valence-corrected chi connectivity index (χ0v) is 42.3. The summed E-state index contributed by atoms with van der Waals surface area (Å²) in [6, 6.07) is 0. The molecule has 9 nitrogen and oxygen atoms in total. The predicted molar refractivity (Wildman–Crippen MR) is 275 cm³/mol. The van der Waals surface area contributed by atoms with E-state index in [4.69, 9.17) is 13.8 Å². The van der Waals surface area contributed by atoms with Gasteiger partial charge in [-0.05, 0) is 89.9 Å². The molecule has 0 aromatic heterocycles. The average Bonchev–Trinajstić information content (AvgIpc) is 3.29. The van der Waals surface area contributed by atoms with Crippen molar-refractivity contribution in [1.82, 2.24) is 5.32 Å². The first-order valence-electron chi connectivity index (χ1n) is 26.1. The zero-order chi connectivity index (χ0) is 47.4. The van der Waals surface area contributed by atoms with Crippen molar-refractivity contribution < 1.29 is 37.9 Å². The lowest BCUT2D eigenvalue weighted by atomic mass is 10.0. The van der Waals surface area contributed by atoms with Gasteiger partial charge in [0, 0.05) is 19.4 Å². The topological polar surface area (TPSA) is 131 Å². The fourth-order valence-electron chi connectivity index (χ4n) is 6.91. The van der Waals surface area contributed by atoms with Crippen LogP contribution in [0.15, 0.2) is 85.1 Å². The highest BCUT2D eigenvalue weighted by molar-refractivity contribution is 7.47. The monoisotopic (exact) mass is 930 g/mol. The number of carbonyl (C=O) groups is 2. The highest BCUT2D eigenvalue weighted by Crippen LogP contribution is 2.42. The number of phosphoric ester groups is 1. The molecule has 10 heteroatoms. The minimum Gasteiger partial charge on any atom is -0.463 e. The molecule has 0 saturated carbocycles. The Bertz CT molecular complexity index is 1340. The average molecular weight is 930 g/mol. The second kappa shape index (κ2) is 50.6. The standard InChI is InChI=1S/C55H96NO8P/c1-3-5-7-9-11-13-15-17-19-21-23-25-26-28-29-31-33-35-37-39-41-43-45-47-54(58)56-49-50-63-65(60,61)64-52-53(57)51-62-55(59)48-46-44-42-40-38-36-34-32-30-27-24-22-20-18-16-14-12-10-8-6-4-2/h5,7,11-14,17-20,23,25,28-29,53,57H,3-4,6,8-10,15-16,21-22,24,26-27,30-52H2,1-2H3,(H,56,58)(H,60,61)/b7-5-,13-11-,14-12-,19-17-,20-18-,25-23-,29-28-. The van der Waals surface area contributed by atoms with E-state index in [9.17, 15) is 24.2 Å². The first kappa shape index (κ1) is 62.2. The lowest BCUT2D eigenvalue weighted by Gasteiger charge is -2.15. The molecule has 0 radical (unpaired) electrons. The molecule has 374 valence electrons. The van der Waals surface area contributed by atoms with Gasteiger partial charge in [-0.15, -0.1) is 0 Å². The molecule has 0 saturated heterocycles. The summed E-state index contributed by atoms with van der Waals surface area (Å²) in [6.07, 6.45) is 65.2. The van der Waals surface area contributed by atoms with Crippen LogP contribution in [0.25, 0.3) is 0 Å². The number of amides is 1. The number of aliphatic hydroxyl groups excluding tert-OH is 1. The molecule has 0 fully saturated rings. The Morgan fingerprint density at radius 3 is 1.32 bits per heavy atom. The van der Waals surface area contributed by atoms with Crippen LogP contribution in [0.5, 0.6) is 0 Å². The molecule has 3 N–H and O–H groups in total. The summed E-state index contributed by atoms with van der Waals surface area (Å²) in [5, 5.41) is 12.8. The van der Waals surface area contributed by atoms with Crippen LogP contribution >= 0.6 is 7.82 Å². The molecule has 0 heterocycles. The number of esters is 1. The SMILES string of the molecule is CC/C=C\C/C=C\C/C=C\C/C=C\C/C=C\CCCCCCCCCC(=O)NCCOP(=O)(O)OCC(O)COC(=O)CCCCCCCCCCCCC/C=C\C/C=C\CCCCC. The van der Waals surface area contributed by atoms with Gasteiger partial charge in [0.2, 0.25) is 5.91 Å². The summed E-state index contributed by atoms with van der Waals surface area (Å²) in [6.45, 7) is 3.41. The number of carbonyl (C=O) groups excluding carboxylic acids is 2. The van der Waals surface area contributed by atoms with Gasteiger partial charge < -0.3 is 20.1 Å². The molecular weight excluding hydrogens is 834 g/mol. The summed E-state index contributed by atoms with van der Waals surface area (Å²) in [5.41, 5.74) is 0. The third-order valence-electron chi connectivity index (χ3n) is 10.8. The van der Waals surface area contributed by atoms with Crippen molar-refractivity contribution in [2.75, 3.05) is 26.4 Å². The maximum atomic E-state index is 12.2. The van der Waals surface area contributed by atoms with Crippen molar-refractivity contribution in [2.45, 2.75) is 225 Å². The Balaban J connectivity index is 3.60. The third-order valence-corrected chi connectivity index (χ3v) is 11.8. The smallest absolute Gasteiger partial charge is 0.463 e. The van der Waals surface area contributed by atoms with Gasteiger partial charge in [-0.25, -0.2) is 4.57 Å². The van der Waals surface area contributed by atoms with Crippen molar-refractivity contribution >= 4 is 19.7 Å². The van der Waals surface area contributed by atoms with Crippen molar-refractivity contribution in [3.8, 4) is 0 Å². The van der Waals surface area contributed by atoms with Crippen molar-refractivity contribution in [1.29, 1.82) is 0 Å². The molecule has 65 heavy (non-hydrogen) atoms. The van der Waals surface area contributed by atoms with Crippen LogP contribution in [-0.2, 0) is 27.9 Å². The maximum Gasteiger partial charge on any atom is 0.472 e. The number of nitrogens with one attached hydrogen (secondary N) is 1. The summed E-state index contributed by atoms with van der Waals surface area (Å²) in [4.78, 5) is 34.1. The van der Waals surface area contributed by atoms with Gasteiger partial charge in [-0.2, -0.15) is 0 Å². The molecule has 2 atom stereocenters. The molecular formula is C55H96NO8P. The Morgan fingerprint density at radius 2 is 0.877 bits per heavy atom. The van der Waals surface area contributed by atoms with E-state index >= 15 is 0 Å². The van der Waals surface area contributed by atoms with Crippen LogP contribution in [0.2, 0.25) is 0 Å². The second-order valence-electron chi connectivity index (χ2n) is 17.1. The van der Waals surface area contributed by atoms with Crippen LogP contribution < -0.4 is 5.32 Å². The molecule has 0 bridgehead atoms. The number of allylic oxidation sites excluding steroid dienone is 14. The Morgan fingerprint density at radius 1 is 0.492 bits per heavy atom. The fourth-order valence-corrected chi connectivity index (χ4v) is 7.67. The summed E-state index contributed by atoms with van der Waals surface area (Å²) in [5.74, 6) is -0.531. The highest BCUT2D eigenvalue weighted by atomic mass is 31.2. The van der Waals surface area contributed by atoms with E-state index in [1.807, 2.05) is 0 Å². The molecule has 2 unspecified atom stereocenters. The lowest BCUT2D eigenvalue weighted by molar-refractivity contribution is -0.147. The van der Waals surface area contributed by atoms with E-state index in [1.165, 1.54) is 109 Å². The van der Waals surface area contributed by atoms with Crippen molar-refractivity contribution in [2.24, 2.45) is 0 Å². The quantitative estimate of drug-likeness (QED) is 0.0238. The van der Waals surface area contributed by atoms with E-state index in [1.54, 1.807) is 0 Å². The molecule has 0 rings (SSSR count). The number of phosphoric acid groups is 1. The number of rotatable bonds is 48. The largest absolute Gasteiger partial charge is 0.472 e. The molecule has 0 aliphatic heterocycles. The van der Waals surface area contributed by atoms with Crippen molar-refractivity contribution in [3.05, 3.63) is 85.1 Å². The van der Waals surface area contributed by atoms with Gasteiger partial charge in [0.1, 0.15) is 12.7 Å². The number of unbranched alkanes of at least 4 members (excludes halogenated alkanes) is 21. The van der Waals surface area contributed by atoms with Crippen LogP contribution in [0.1, 0.15) is 219 Å². The molecule has 0 aliphatic rings. The van der Waals surface area contributed by atoms with Crippen molar-refractivity contribution in [3.63, 3.8) is 0 Å². The number of hydrogen-bond acceptors (Lipinski definition) is 7. The molecule has 1 amide bonds. The highest BCUT2D eigenvalue weighted by Gasteiger charge is 2.23. The van der Waals surface area contributed by atoms with E-state index in [-0.39, 0.29) is 32.1 Å². The molecule has 0 aliphatic carbocycles. The maximum absolute atomic E-state index is 12.2. The summed E-state index contributed by atoms with van der Waals surface area (Å²) >= 11 is 0. The second-order valence-corrected chi connectivity index (χ2v) is 18.6. The Labute approximate surface area is 398 Å². The zero-order valence-electron chi connectivity index (χ0n) is 41.4. The van der Waals surface area contributed by atoms with E-state index in [0.717, 1.165) is 83.5 Å². The molecule has 0 aromatic rings. The first-order valence-corrected chi connectivity index (χ1v) is 27.6. The van der Waals surface area contributed by atoms with Crippen LogP contribution in [-0.4, -0.2) is 54.3 Å². The van der Waals surface area contributed by atoms with Gasteiger partial charge in [0.05, 0.1) is 13.2 Å². The van der Waals surface area contributed by atoms with Gasteiger partial charge in [-0.3, -0.25) is 18.6 Å². The minimum absolute atomic E-state index is 0.0708. The fraction of sp³-hybridized carbons (Fsp3) is 0.709. The number of aliphatic hydroxyl groups is 1. The van der Waals surface area contributed by atoms with E-state index < -0.39 is 26.5 Å². The lowest BCUT2D eigenvalue weighted by Crippen LogP contribution is -2.27. The number of ether oxygens (including phenoxy) is 1. The summed E-state index contributed by atoms with van der Waals surface area (Å²) < 4.78 is 27.0. The Hall–Kier alpha value is -2.81. The van der Waals surface area contributed by atoms with Gasteiger partial charge in [0.15, 0.2) is 0 Å². The van der Waals surface area contributed by atoms with Gasteiger partial charge in [-0.1, -0.05) is 202 Å². The Kier molecular flexibility index (Phi) is 48.4. The molecule has 0 aromatic carbocycles. The van der Waals surface area contributed by atoms with E-state index in [2.05, 4.69) is 104 Å². The minimum atomic E-state index is -4.43.